The Labute approximate surface area is 176 Å². The molecule has 148 valence electrons. The second-order valence-electron chi connectivity index (χ2n) is 6.40. The molecule has 0 bridgehead atoms. The van der Waals surface area contributed by atoms with Crippen LogP contribution in [-0.4, -0.2) is 30.6 Å². The molecule has 29 heavy (non-hydrogen) atoms. The number of aromatic nitrogens is 5. The molecule has 1 amide bonds. The molecule has 4 rings (SSSR count). The number of hydrogen-bond acceptors (Lipinski definition) is 5. The van der Waals surface area contributed by atoms with E-state index in [1.807, 2.05) is 24.3 Å². The van der Waals surface area contributed by atoms with E-state index in [1.54, 1.807) is 34.7 Å². The second kappa shape index (κ2) is 8.10. The van der Waals surface area contributed by atoms with Crippen molar-refractivity contribution in [2.45, 2.75) is 20.0 Å². The van der Waals surface area contributed by atoms with Gasteiger partial charge in [0.05, 0.1) is 24.3 Å². The fourth-order valence-electron chi connectivity index (χ4n) is 2.81. The van der Waals surface area contributed by atoms with Gasteiger partial charge in [-0.05, 0) is 24.6 Å². The molecule has 0 fully saturated rings. The standard InChI is InChI=1S/C19H16Cl2N6O2/c1-12-16(11-27-10-15(21)8-22-27)18(25-29-12)19(28)23-17-6-7-26(24-17)9-13-2-4-14(20)5-3-13/h2-8,10H,9,11H2,1H3,(H,23,24,28). The molecule has 1 N–H and O–H groups in total. The van der Waals surface area contributed by atoms with E-state index in [0.29, 0.717) is 40.3 Å². The van der Waals surface area contributed by atoms with Crippen LogP contribution in [0.2, 0.25) is 10.0 Å². The van der Waals surface area contributed by atoms with Crippen molar-refractivity contribution in [1.29, 1.82) is 0 Å². The Morgan fingerprint density at radius 2 is 1.90 bits per heavy atom. The van der Waals surface area contributed by atoms with Crippen LogP contribution in [0.15, 0.2) is 53.4 Å². The molecule has 0 aliphatic rings. The number of carbonyl (C=O) groups is 1. The maximum atomic E-state index is 12.7. The largest absolute Gasteiger partial charge is 0.361 e. The summed E-state index contributed by atoms with van der Waals surface area (Å²) < 4.78 is 8.54. The lowest BCUT2D eigenvalue weighted by Gasteiger charge is -2.04. The van der Waals surface area contributed by atoms with Crippen molar-refractivity contribution in [2.75, 3.05) is 5.32 Å². The van der Waals surface area contributed by atoms with Crippen molar-refractivity contribution in [3.63, 3.8) is 0 Å². The number of amides is 1. The molecule has 4 aromatic rings. The highest BCUT2D eigenvalue weighted by atomic mass is 35.5. The summed E-state index contributed by atoms with van der Waals surface area (Å²) in [5, 5.41) is 16.3. The van der Waals surface area contributed by atoms with Gasteiger partial charge < -0.3 is 9.84 Å². The van der Waals surface area contributed by atoms with Crippen molar-refractivity contribution < 1.29 is 9.32 Å². The van der Waals surface area contributed by atoms with Crippen LogP contribution in [-0.2, 0) is 13.1 Å². The van der Waals surface area contributed by atoms with Gasteiger partial charge in [0.25, 0.3) is 5.91 Å². The fraction of sp³-hybridized carbons (Fsp3) is 0.158. The molecule has 0 unspecified atom stereocenters. The van der Waals surface area contributed by atoms with Crippen LogP contribution in [0.5, 0.6) is 0 Å². The first-order valence-corrected chi connectivity index (χ1v) is 9.46. The van der Waals surface area contributed by atoms with Gasteiger partial charge in [0, 0.05) is 29.0 Å². The fourth-order valence-corrected chi connectivity index (χ4v) is 3.09. The first kappa shape index (κ1) is 19.2. The minimum absolute atomic E-state index is 0.182. The van der Waals surface area contributed by atoms with E-state index >= 15 is 0 Å². The molecule has 0 aliphatic heterocycles. The van der Waals surface area contributed by atoms with E-state index in [-0.39, 0.29) is 5.69 Å². The lowest BCUT2D eigenvalue weighted by molar-refractivity contribution is 0.101. The van der Waals surface area contributed by atoms with Gasteiger partial charge in [0.15, 0.2) is 11.5 Å². The van der Waals surface area contributed by atoms with Gasteiger partial charge in [-0.2, -0.15) is 10.2 Å². The third kappa shape index (κ3) is 4.49. The molecular weight excluding hydrogens is 415 g/mol. The SMILES string of the molecule is Cc1onc(C(=O)Nc2ccn(Cc3ccc(Cl)cc3)n2)c1Cn1cc(Cl)cn1. The number of hydrogen-bond donors (Lipinski definition) is 1. The third-order valence-corrected chi connectivity index (χ3v) is 4.71. The highest BCUT2D eigenvalue weighted by Crippen LogP contribution is 2.18. The van der Waals surface area contributed by atoms with Gasteiger partial charge >= 0.3 is 0 Å². The molecule has 3 aromatic heterocycles. The molecule has 8 nitrogen and oxygen atoms in total. The summed E-state index contributed by atoms with van der Waals surface area (Å²) in [5.74, 6) is 0.541. The van der Waals surface area contributed by atoms with Crippen molar-refractivity contribution in [2.24, 2.45) is 0 Å². The molecule has 0 atom stereocenters. The highest BCUT2D eigenvalue weighted by Gasteiger charge is 2.21. The molecular formula is C19H16Cl2N6O2. The molecule has 3 heterocycles. The summed E-state index contributed by atoms with van der Waals surface area (Å²) in [6.45, 7) is 2.61. The van der Waals surface area contributed by atoms with Crippen LogP contribution in [0.3, 0.4) is 0 Å². The van der Waals surface area contributed by atoms with E-state index in [9.17, 15) is 4.79 Å². The van der Waals surface area contributed by atoms with Crippen molar-refractivity contribution in [3.8, 4) is 0 Å². The zero-order chi connectivity index (χ0) is 20.4. The smallest absolute Gasteiger partial charge is 0.279 e. The Morgan fingerprint density at radius 1 is 1.10 bits per heavy atom. The predicted octanol–water partition coefficient (Wildman–Crippen LogP) is 4.03. The van der Waals surface area contributed by atoms with Gasteiger partial charge in [0.1, 0.15) is 5.76 Å². The highest BCUT2D eigenvalue weighted by molar-refractivity contribution is 6.30. The van der Waals surface area contributed by atoms with Crippen LogP contribution >= 0.6 is 23.2 Å². The van der Waals surface area contributed by atoms with Crippen molar-refractivity contribution in [1.82, 2.24) is 24.7 Å². The van der Waals surface area contributed by atoms with Crippen LogP contribution in [0.25, 0.3) is 0 Å². The van der Waals surface area contributed by atoms with Crippen LogP contribution < -0.4 is 5.32 Å². The summed E-state index contributed by atoms with van der Waals surface area (Å²) in [6, 6.07) is 9.21. The summed E-state index contributed by atoms with van der Waals surface area (Å²) >= 11 is 11.8. The zero-order valence-electron chi connectivity index (χ0n) is 15.3. The molecule has 0 radical (unpaired) electrons. The first-order valence-electron chi connectivity index (χ1n) is 8.70. The van der Waals surface area contributed by atoms with Crippen LogP contribution in [0.4, 0.5) is 5.82 Å². The van der Waals surface area contributed by atoms with Crippen molar-refractivity contribution >= 4 is 34.9 Å². The Kier molecular flexibility index (Phi) is 5.37. The quantitative estimate of drug-likeness (QED) is 0.498. The Bertz CT molecular complexity index is 1150. The number of anilines is 1. The second-order valence-corrected chi connectivity index (χ2v) is 7.27. The van der Waals surface area contributed by atoms with Gasteiger partial charge in [0.2, 0.25) is 0 Å². The van der Waals surface area contributed by atoms with Gasteiger partial charge in [-0.25, -0.2) is 0 Å². The topological polar surface area (TPSA) is 90.8 Å². The van der Waals surface area contributed by atoms with Gasteiger partial charge in [-0.1, -0.05) is 40.5 Å². The van der Waals surface area contributed by atoms with Gasteiger partial charge in [-0.15, -0.1) is 0 Å². The van der Waals surface area contributed by atoms with Crippen LogP contribution in [0.1, 0.15) is 27.4 Å². The minimum atomic E-state index is -0.410. The summed E-state index contributed by atoms with van der Waals surface area (Å²) in [4.78, 5) is 12.7. The number of carbonyl (C=O) groups excluding carboxylic acids is 1. The lowest BCUT2D eigenvalue weighted by Crippen LogP contribution is -2.16. The molecule has 10 heteroatoms. The van der Waals surface area contributed by atoms with E-state index < -0.39 is 5.91 Å². The lowest BCUT2D eigenvalue weighted by atomic mass is 10.2. The molecule has 0 spiro atoms. The molecule has 0 saturated heterocycles. The number of benzene rings is 1. The summed E-state index contributed by atoms with van der Waals surface area (Å²) in [5.41, 5.74) is 1.85. The minimum Gasteiger partial charge on any atom is -0.361 e. The maximum absolute atomic E-state index is 12.7. The maximum Gasteiger partial charge on any atom is 0.279 e. The molecule has 0 saturated carbocycles. The summed E-state index contributed by atoms with van der Waals surface area (Å²) in [7, 11) is 0. The number of nitrogens with zero attached hydrogens (tertiary/aromatic N) is 5. The Hall–Kier alpha value is -3.10. The molecule has 0 aliphatic carbocycles. The Balaban J connectivity index is 1.46. The van der Waals surface area contributed by atoms with Crippen molar-refractivity contribution in [3.05, 3.63) is 81.5 Å². The molecule has 1 aromatic carbocycles. The van der Waals surface area contributed by atoms with E-state index in [1.165, 1.54) is 6.20 Å². The van der Waals surface area contributed by atoms with E-state index in [0.717, 1.165) is 5.56 Å². The number of nitrogens with one attached hydrogen (secondary N) is 1. The first-order chi connectivity index (χ1) is 14.0. The van der Waals surface area contributed by atoms with E-state index in [4.69, 9.17) is 27.7 Å². The summed E-state index contributed by atoms with van der Waals surface area (Å²) in [6.07, 6.45) is 4.97. The monoisotopic (exact) mass is 430 g/mol. The van der Waals surface area contributed by atoms with Crippen LogP contribution in [0, 0.1) is 6.92 Å². The number of halogens is 2. The van der Waals surface area contributed by atoms with Gasteiger partial charge in [-0.3, -0.25) is 14.2 Å². The predicted molar refractivity (Wildman–Crippen MR) is 108 cm³/mol. The number of rotatable bonds is 6. The Morgan fingerprint density at radius 3 is 2.62 bits per heavy atom. The normalized spacial score (nSPS) is 11.0. The number of aryl methyl sites for hydroxylation is 1. The average molecular weight is 431 g/mol. The average Bonchev–Trinajstić information content (AvgIpc) is 3.40. The third-order valence-electron chi connectivity index (χ3n) is 4.26. The zero-order valence-corrected chi connectivity index (χ0v) is 16.9. The van der Waals surface area contributed by atoms with E-state index in [2.05, 4.69) is 20.7 Å².